The fraction of sp³-hybridized carbons (Fsp3) is 0.333. The van der Waals surface area contributed by atoms with Crippen LogP contribution in [-0.2, 0) is 22.7 Å². The number of rotatable bonds is 7. The van der Waals surface area contributed by atoms with E-state index < -0.39 is 35.3 Å². The largest absolute Gasteiger partial charge is 0.354 e. The summed E-state index contributed by atoms with van der Waals surface area (Å²) in [5.41, 5.74) is 3.40. The zero-order valence-electron chi connectivity index (χ0n) is 29.2. The van der Waals surface area contributed by atoms with Crippen molar-refractivity contribution in [2.75, 3.05) is 42.5 Å². The number of piperidine rings is 1. The molecule has 2 atom stereocenters. The van der Waals surface area contributed by atoms with E-state index in [1.54, 1.807) is 22.8 Å². The number of carbonyl (C=O) groups is 3. The summed E-state index contributed by atoms with van der Waals surface area (Å²) in [6, 6.07) is 13.4. The van der Waals surface area contributed by atoms with Crippen molar-refractivity contribution in [1.29, 1.82) is 0 Å². The molecule has 0 radical (unpaired) electrons. The number of anilines is 2. The van der Waals surface area contributed by atoms with Crippen molar-refractivity contribution in [2.45, 2.75) is 50.9 Å². The van der Waals surface area contributed by atoms with Gasteiger partial charge in [0.1, 0.15) is 35.1 Å². The standard InChI is InChI=1S/C39H36F3N9O3/c40-24-7-9-29(41)26(19-24)31-4-2-13-49(31)34-12-14-51-37(45-34)27(20-43-51)30-3-1-5-33(44-30)48-17-15-47(16-18-48)21-23-6-8-25-28(36(23)42)22-50(39(25)54)32-10-11-35(52)46-38(32)53/h1,3,5-9,12,14,19-20,31-32H,2,4,10-11,13,15-18,21-22H2,(H,46,52,53)/t31-,32?/m1/s1. The van der Waals surface area contributed by atoms with Crippen LogP contribution >= 0.6 is 0 Å². The van der Waals surface area contributed by atoms with Crippen molar-refractivity contribution in [3.63, 3.8) is 0 Å². The molecular formula is C39H36F3N9O3. The van der Waals surface area contributed by atoms with E-state index in [1.165, 1.54) is 17.0 Å². The van der Waals surface area contributed by atoms with Crippen molar-refractivity contribution in [3.05, 3.63) is 107 Å². The van der Waals surface area contributed by atoms with E-state index in [0.717, 1.165) is 23.9 Å². The van der Waals surface area contributed by atoms with Crippen molar-refractivity contribution in [3.8, 4) is 11.3 Å². The lowest BCUT2D eigenvalue weighted by molar-refractivity contribution is -0.136. The van der Waals surface area contributed by atoms with Crippen molar-refractivity contribution < 1.29 is 27.6 Å². The second-order valence-electron chi connectivity index (χ2n) is 14.2. The summed E-state index contributed by atoms with van der Waals surface area (Å²) in [4.78, 5) is 54.8. The number of nitrogens with one attached hydrogen (secondary N) is 1. The predicted molar refractivity (Wildman–Crippen MR) is 192 cm³/mol. The van der Waals surface area contributed by atoms with Gasteiger partial charge in [0, 0.05) is 74.1 Å². The van der Waals surface area contributed by atoms with Gasteiger partial charge in [-0.05, 0) is 61.7 Å². The maximum Gasteiger partial charge on any atom is 0.255 e. The lowest BCUT2D eigenvalue weighted by Gasteiger charge is -2.35. The smallest absolute Gasteiger partial charge is 0.255 e. The predicted octanol–water partition coefficient (Wildman–Crippen LogP) is 4.63. The number of carbonyl (C=O) groups excluding carboxylic acids is 3. The average molecular weight is 736 g/mol. The van der Waals surface area contributed by atoms with Crippen LogP contribution in [0, 0.1) is 17.5 Å². The molecular weight excluding hydrogens is 699 g/mol. The number of benzene rings is 2. The number of amides is 3. The highest BCUT2D eigenvalue weighted by Crippen LogP contribution is 2.38. The number of nitrogens with zero attached hydrogens (tertiary/aromatic N) is 8. The van der Waals surface area contributed by atoms with Crippen LogP contribution < -0.4 is 15.1 Å². The fourth-order valence-corrected chi connectivity index (χ4v) is 8.23. The lowest BCUT2D eigenvalue weighted by Crippen LogP contribution is -2.52. The number of halogens is 3. The maximum atomic E-state index is 15.8. The molecule has 3 aromatic heterocycles. The number of fused-ring (bicyclic) bond motifs is 2. The van der Waals surface area contributed by atoms with E-state index >= 15 is 4.39 Å². The first kappa shape index (κ1) is 34.0. The quantitative estimate of drug-likeness (QED) is 0.239. The van der Waals surface area contributed by atoms with Crippen LogP contribution in [-0.4, -0.2) is 85.9 Å². The molecule has 15 heteroatoms. The molecule has 0 saturated carbocycles. The molecule has 54 heavy (non-hydrogen) atoms. The summed E-state index contributed by atoms with van der Waals surface area (Å²) >= 11 is 0. The monoisotopic (exact) mass is 735 g/mol. The average Bonchev–Trinajstić information content (AvgIpc) is 3.92. The normalized spacial score (nSPS) is 20.6. The molecule has 3 fully saturated rings. The Balaban J connectivity index is 0.879. The van der Waals surface area contributed by atoms with Gasteiger partial charge in [-0.2, -0.15) is 5.10 Å². The Kier molecular flexibility index (Phi) is 8.52. The fourth-order valence-electron chi connectivity index (χ4n) is 8.23. The summed E-state index contributed by atoms with van der Waals surface area (Å²) in [7, 11) is 0. The number of hydrogen-bond acceptors (Lipinski definition) is 9. The minimum atomic E-state index is -0.796. The molecule has 4 aliphatic heterocycles. The lowest BCUT2D eigenvalue weighted by atomic mass is 10.0. The molecule has 1 N–H and O–H groups in total. The zero-order valence-corrected chi connectivity index (χ0v) is 29.2. The molecule has 9 rings (SSSR count). The van der Waals surface area contributed by atoms with E-state index in [0.29, 0.717) is 74.0 Å². The summed E-state index contributed by atoms with van der Waals surface area (Å²) in [6.45, 7) is 3.67. The summed E-state index contributed by atoms with van der Waals surface area (Å²) in [5, 5.41) is 6.79. The van der Waals surface area contributed by atoms with E-state index in [-0.39, 0.29) is 42.5 Å². The molecule has 2 aromatic carbocycles. The molecule has 4 aliphatic rings. The Bertz CT molecular complexity index is 2330. The topological polar surface area (TPSA) is 119 Å². The van der Waals surface area contributed by atoms with E-state index in [2.05, 4.69) is 20.2 Å². The highest BCUT2D eigenvalue weighted by atomic mass is 19.1. The van der Waals surface area contributed by atoms with Gasteiger partial charge in [0.25, 0.3) is 5.91 Å². The molecule has 1 unspecified atom stereocenters. The van der Waals surface area contributed by atoms with Gasteiger partial charge < -0.3 is 14.7 Å². The van der Waals surface area contributed by atoms with Crippen LogP contribution in [0.5, 0.6) is 0 Å². The summed E-state index contributed by atoms with van der Waals surface area (Å²) in [5.74, 6) is -1.18. The molecule has 7 heterocycles. The third-order valence-electron chi connectivity index (χ3n) is 11.0. The van der Waals surface area contributed by atoms with E-state index in [4.69, 9.17) is 9.97 Å². The Morgan fingerprint density at radius 2 is 1.67 bits per heavy atom. The molecule has 12 nitrogen and oxygen atoms in total. The first-order valence-electron chi connectivity index (χ1n) is 18.2. The first-order chi connectivity index (χ1) is 26.2. The number of hydrogen-bond donors (Lipinski definition) is 1. The molecule has 0 aliphatic carbocycles. The third kappa shape index (κ3) is 6.01. The van der Waals surface area contributed by atoms with Gasteiger partial charge in [0.2, 0.25) is 11.8 Å². The highest BCUT2D eigenvalue weighted by Gasteiger charge is 2.40. The van der Waals surface area contributed by atoms with Gasteiger partial charge in [-0.1, -0.05) is 12.1 Å². The van der Waals surface area contributed by atoms with E-state index in [9.17, 15) is 23.2 Å². The van der Waals surface area contributed by atoms with Crippen molar-refractivity contribution in [1.82, 2.24) is 34.7 Å². The van der Waals surface area contributed by atoms with Crippen LogP contribution in [0.25, 0.3) is 16.9 Å². The second kappa shape index (κ2) is 13.5. The highest BCUT2D eigenvalue weighted by molar-refractivity contribution is 6.05. The Labute approximate surface area is 308 Å². The number of pyridine rings is 1. The first-order valence-corrected chi connectivity index (χ1v) is 18.2. The number of imide groups is 1. The van der Waals surface area contributed by atoms with Crippen LogP contribution in [0.2, 0.25) is 0 Å². The van der Waals surface area contributed by atoms with Crippen molar-refractivity contribution in [2.24, 2.45) is 0 Å². The Morgan fingerprint density at radius 3 is 2.50 bits per heavy atom. The van der Waals surface area contributed by atoms with Crippen LogP contribution in [0.15, 0.2) is 67.0 Å². The maximum absolute atomic E-state index is 15.8. The molecule has 3 saturated heterocycles. The summed E-state index contributed by atoms with van der Waals surface area (Å²) in [6.07, 6.45) is 5.41. The minimum absolute atomic E-state index is 0.00684. The van der Waals surface area contributed by atoms with Gasteiger partial charge in [0.05, 0.1) is 30.0 Å². The van der Waals surface area contributed by atoms with Crippen LogP contribution in [0.4, 0.5) is 24.8 Å². The van der Waals surface area contributed by atoms with Gasteiger partial charge in [0.15, 0.2) is 5.65 Å². The van der Waals surface area contributed by atoms with Gasteiger partial charge >= 0.3 is 0 Å². The number of aromatic nitrogens is 4. The van der Waals surface area contributed by atoms with Crippen LogP contribution in [0.1, 0.15) is 58.8 Å². The molecule has 3 amide bonds. The molecule has 0 spiro atoms. The molecule has 276 valence electrons. The van der Waals surface area contributed by atoms with Crippen molar-refractivity contribution >= 4 is 35.0 Å². The van der Waals surface area contributed by atoms with Crippen LogP contribution in [0.3, 0.4) is 0 Å². The molecule has 5 aromatic rings. The van der Waals surface area contributed by atoms with E-state index in [1.807, 2.05) is 35.4 Å². The van der Waals surface area contributed by atoms with Gasteiger partial charge in [-0.3, -0.25) is 24.6 Å². The molecule has 0 bridgehead atoms. The third-order valence-corrected chi connectivity index (χ3v) is 11.0. The second-order valence-corrected chi connectivity index (χ2v) is 14.2. The van der Waals surface area contributed by atoms with Gasteiger partial charge in [-0.15, -0.1) is 0 Å². The Hall–Kier alpha value is -5.83. The summed E-state index contributed by atoms with van der Waals surface area (Å²) < 4.78 is 46.4. The SMILES string of the molecule is O=C1CCC(N2Cc3c(ccc(CN4CCN(c5cccc(-c6cnn7ccc(N8CCC[C@@H]8c8cc(F)ccc8F)nc67)n5)CC4)c3F)C2=O)C(=O)N1. The minimum Gasteiger partial charge on any atom is -0.354 e. The zero-order chi connectivity index (χ0) is 37.1. The Morgan fingerprint density at radius 1 is 0.815 bits per heavy atom. The number of piperazine rings is 1. The van der Waals surface area contributed by atoms with Gasteiger partial charge in [-0.25, -0.2) is 27.7 Å².